The van der Waals surface area contributed by atoms with Crippen LogP contribution >= 0.6 is 0 Å². The predicted octanol–water partition coefficient (Wildman–Crippen LogP) is 1.77. The van der Waals surface area contributed by atoms with Gasteiger partial charge in [0, 0.05) is 26.3 Å². The zero-order valence-corrected chi connectivity index (χ0v) is 9.93. The van der Waals surface area contributed by atoms with Crippen LogP contribution in [0.4, 0.5) is 0 Å². The van der Waals surface area contributed by atoms with Crippen LogP contribution in [0.5, 0.6) is 0 Å². The second-order valence-corrected chi connectivity index (χ2v) is 6.96. The summed E-state index contributed by atoms with van der Waals surface area (Å²) in [5, 5.41) is 0. The Morgan fingerprint density at radius 1 is 1.23 bits per heavy atom. The minimum absolute atomic E-state index is 0.631. The molecule has 4 heteroatoms. The van der Waals surface area contributed by atoms with Gasteiger partial charge in [-0.05, 0) is 12.8 Å². The summed E-state index contributed by atoms with van der Waals surface area (Å²) in [6, 6.07) is 1.60. The van der Waals surface area contributed by atoms with E-state index in [9.17, 15) is 0 Å². The molecule has 1 aliphatic carbocycles. The fraction of sp³-hybridized carbons (Fsp3) is 1.00. The van der Waals surface area contributed by atoms with Gasteiger partial charge in [0.05, 0.1) is 0 Å². The van der Waals surface area contributed by atoms with Gasteiger partial charge in [-0.2, -0.15) is 0 Å². The first kappa shape index (κ1) is 11.2. The Labute approximate surface area is 82.1 Å². The molecule has 0 spiro atoms. The van der Waals surface area contributed by atoms with Crippen molar-refractivity contribution in [3.63, 3.8) is 0 Å². The lowest BCUT2D eigenvalue weighted by Gasteiger charge is -2.29. The lowest BCUT2D eigenvalue weighted by molar-refractivity contribution is 0.222. The third-order valence-electron chi connectivity index (χ3n) is 2.90. The van der Waals surface area contributed by atoms with Crippen molar-refractivity contribution in [3.8, 4) is 0 Å². The summed E-state index contributed by atoms with van der Waals surface area (Å²) < 4.78 is 11.0. The summed E-state index contributed by atoms with van der Waals surface area (Å²) in [7, 11) is 1.47. The van der Waals surface area contributed by atoms with Gasteiger partial charge in [-0.3, -0.25) is 4.98 Å². The van der Waals surface area contributed by atoms with E-state index < -0.39 is 8.72 Å². The van der Waals surface area contributed by atoms with Crippen LogP contribution in [-0.4, -0.2) is 29.0 Å². The van der Waals surface area contributed by atoms with Crippen LogP contribution in [0.25, 0.3) is 0 Å². The van der Waals surface area contributed by atoms with Crippen LogP contribution in [0.1, 0.15) is 32.6 Å². The normalized spacial score (nSPS) is 19.6. The quantitative estimate of drug-likeness (QED) is 0.691. The first-order chi connectivity index (χ1) is 6.26. The molecule has 3 nitrogen and oxygen atoms in total. The highest BCUT2D eigenvalue weighted by atomic mass is 28.4. The molecule has 0 radical (unpaired) electrons. The Bertz CT molecular complexity index is 136. The molecule has 1 fully saturated rings. The second kappa shape index (κ2) is 5.10. The van der Waals surface area contributed by atoms with Gasteiger partial charge in [-0.25, -0.2) is 0 Å². The Balaban J connectivity index is 2.44. The molecule has 0 aromatic heterocycles. The van der Waals surface area contributed by atoms with Crippen LogP contribution < -0.4 is 4.98 Å². The molecular weight excluding hydrogens is 182 g/mol. The standard InChI is InChI=1S/C9H21NO2Si/c1-4-13(11-2,12-3)10-9-7-5-6-8-9/h9-10H,4-8H2,1-3H3. The van der Waals surface area contributed by atoms with Crippen LogP contribution in [0.3, 0.4) is 0 Å². The summed E-state index contributed by atoms with van der Waals surface area (Å²) in [5.74, 6) is 0. The van der Waals surface area contributed by atoms with E-state index in [0.29, 0.717) is 6.04 Å². The van der Waals surface area contributed by atoms with Gasteiger partial charge in [0.1, 0.15) is 0 Å². The highest BCUT2D eigenvalue weighted by molar-refractivity contribution is 6.64. The largest absolute Gasteiger partial charge is 0.424 e. The molecule has 0 bridgehead atoms. The summed E-state index contributed by atoms with van der Waals surface area (Å²) in [6.07, 6.45) is 5.25. The molecule has 13 heavy (non-hydrogen) atoms. The highest BCUT2D eigenvalue weighted by Crippen LogP contribution is 2.20. The fourth-order valence-electron chi connectivity index (χ4n) is 1.97. The molecular formula is C9H21NO2Si. The number of hydrogen-bond donors (Lipinski definition) is 1. The summed E-state index contributed by atoms with van der Waals surface area (Å²) in [6.45, 7) is 2.13. The SMILES string of the molecule is CC[Si](NC1CCCC1)(OC)OC. The van der Waals surface area contributed by atoms with E-state index in [0.717, 1.165) is 6.04 Å². The van der Waals surface area contributed by atoms with Crippen molar-refractivity contribution in [3.05, 3.63) is 0 Å². The fourth-order valence-corrected chi connectivity index (χ4v) is 4.07. The lowest BCUT2D eigenvalue weighted by atomic mass is 10.3. The summed E-state index contributed by atoms with van der Waals surface area (Å²) >= 11 is 0. The van der Waals surface area contributed by atoms with E-state index in [1.54, 1.807) is 14.2 Å². The third kappa shape index (κ3) is 2.77. The molecule has 1 N–H and O–H groups in total. The maximum absolute atomic E-state index is 5.50. The van der Waals surface area contributed by atoms with Gasteiger partial charge in [0.15, 0.2) is 0 Å². The Morgan fingerprint density at radius 3 is 2.15 bits per heavy atom. The zero-order valence-electron chi connectivity index (χ0n) is 8.93. The molecule has 78 valence electrons. The molecule has 0 aliphatic heterocycles. The molecule has 0 heterocycles. The number of nitrogens with one attached hydrogen (secondary N) is 1. The molecule has 1 rings (SSSR count). The van der Waals surface area contributed by atoms with Gasteiger partial charge in [-0.15, -0.1) is 0 Å². The average molecular weight is 203 g/mol. The van der Waals surface area contributed by atoms with Crippen molar-refractivity contribution >= 4 is 8.72 Å². The lowest BCUT2D eigenvalue weighted by Crippen LogP contribution is -2.57. The number of hydrogen-bond acceptors (Lipinski definition) is 3. The predicted molar refractivity (Wildman–Crippen MR) is 55.6 cm³/mol. The minimum Gasteiger partial charge on any atom is -0.386 e. The monoisotopic (exact) mass is 203 g/mol. The molecule has 0 aromatic rings. The van der Waals surface area contributed by atoms with Crippen LogP contribution in [0.15, 0.2) is 0 Å². The smallest absolute Gasteiger partial charge is 0.386 e. The molecule has 0 saturated heterocycles. The van der Waals surface area contributed by atoms with Crippen molar-refractivity contribution < 1.29 is 8.85 Å². The first-order valence-electron chi connectivity index (χ1n) is 5.14. The second-order valence-electron chi connectivity index (χ2n) is 3.64. The molecule has 1 saturated carbocycles. The van der Waals surface area contributed by atoms with Crippen molar-refractivity contribution in [2.24, 2.45) is 0 Å². The van der Waals surface area contributed by atoms with E-state index in [1.165, 1.54) is 25.7 Å². The molecule has 1 aliphatic rings. The van der Waals surface area contributed by atoms with Gasteiger partial charge >= 0.3 is 8.72 Å². The molecule has 0 unspecified atom stereocenters. The third-order valence-corrected chi connectivity index (χ3v) is 6.00. The van der Waals surface area contributed by atoms with Gasteiger partial charge in [-0.1, -0.05) is 19.8 Å². The Kier molecular flexibility index (Phi) is 4.38. The maximum Gasteiger partial charge on any atom is 0.424 e. The van der Waals surface area contributed by atoms with E-state index >= 15 is 0 Å². The zero-order chi connectivity index (χ0) is 9.73. The van der Waals surface area contributed by atoms with E-state index in [1.807, 2.05) is 0 Å². The van der Waals surface area contributed by atoms with Gasteiger partial charge in [0.25, 0.3) is 0 Å². The van der Waals surface area contributed by atoms with Crippen LogP contribution in [0, 0.1) is 0 Å². The van der Waals surface area contributed by atoms with Gasteiger partial charge in [0.2, 0.25) is 0 Å². The Morgan fingerprint density at radius 2 is 1.77 bits per heavy atom. The highest BCUT2D eigenvalue weighted by Gasteiger charge is 2.37. The molecule has 0 aromatic carbocycles. The summed E-state index contributed by atoms with van der Waals surface area (Å²) in [4.78, 5) is 3.57. The van der Waals surface area contributed by atoms with E-state index in [-0.39, 0.29) is 0 Å². The maximum atomic E-state index is 5.50. The van der Waals surface area contributed by atoms with Crippen molar-refractivity contribution in [2.75, 3.05) is 14.2 Å². The van der Waals surface area contributed by atoms with Crippen LogP contribution in [0.2, 0.25) is 6.04 Å². The van der Waals surface area contributed by atoms with Crippen LogP contribution in [-0.2, 0) is 8.85 Å². The number of rotatable bonds is 5. The topological polar surface area (TPSA) is 30.5 Å². The van der Waals surface area contributed by atoms with E-state index in [2.05, 4.69) is 11.9 Å². The molecule has 0 atom stereocenters. The molecule has 0 amide bonds. The average Bonchev–Trinajstić information content (AvgIpc) is 2.67. The van der Waals surface area contributed by atoms with Gasteiger partial charge < -0.3 is 8.85 Å². The van der Waals surface area contributed by atoms with Crippen molar-refractivity contribution in [1.82, 2.24) is 4.98 Å². The van der Waals surface area contributed by atoms with Crippen molar-refractivity contribution in [1.29, 1.82) is 0 Å². The van der Waals surface area contributed by atoms with Crippen molar-refractivity contribution in [2.45, 2.75) is 44.7 Å². The minimum atomic E-state index is -2.03. The summed E-state index contributed by atoms with van der Waals surface area (Å²) in [5.41, 5.74) is 0. The Hall–Kier alpha value is 0.0969. The van der Waals surface area contributed by atoms with E-state index in [4.69, 9.17) is 8.85 Å². The first-order valence-corrected chi connectivity index (χ1v) is 7.16.